The average Bonchev–Trinajstić information content (AvgIpc) is 2.68. The van der Waals surface area contributed by atoms with Crippen LogP contribution < -0.4 is 14.4 Å². The first kappa shape index (κ1) is 17.5. The fraction of sp³-hybridized carbons (Fsp3) is 0.474. The van der Waals surface area contributed by atoms with Gasteiger partial charge in [-0.15, -0.1) is 0 Å². The van der Waals surface area contributed by atoms with Crippen LogP contribution in [0, 0.1) is 0 Å². The first-order valence-electron chi connectivity index (χ1n) is 8.68. The van der Waals surface area contributed by atoms with Crippen molar-refractivity contribution in [1.82, 2.24) is 14.9 Å². The second-order valence-corrected chi connectivity index (χ2v) is 6.31. The van der Waals surface area contributed by atoms with Crippen molar-refractivity contribution in [3.8, 4) is 11.5 Å². The lowest BCUT2D eigenvalue weighted by molar-refractivity contribution is 0.195. The molecule has 25 heavy (non-hydrogen) atoms. The molecule has 0 aliphatic carbocycles. The van der Waals surface area contributed by atoms with Gasteiger partial charge >= 0.3 is 0 Å². The van der Waals surface area contributed by atoms with Crippen LogP contribution in [0.5, 0.6) is 11.5 Å². The van der Waals surface area contributed by atoms with Crippen molar-refractivity contribution in [2.45, 2.75) is 19.4 Å². The van der Waals surface area contributed by atoms with E-state index in [0.717, 1.165) is 50.0 Å². The first-order chi connectivity index (χ1) is 12.2. The molecule has 0 unspecified atom stereocenters. The van der Waals surface area contributed by atoms with Gasteiger partial charge in [0.25, 0.3) is 0 Å². The molecule has 1 aliphatic heterocycles. The molecule has 0 radical (unpaired) electrons. The van der Waals surface area contributed by atoms with Gasteiger partial charge in [0.2, 0.25) is 5.95 Å². The second-order valence-electron chi connectivity index (χ2n) is 6.31. The van der Waals surface area contributed by atoms with E-state index in [2.05, 4.69) is 38.8 Å². The lowest BCUT2D eigenvalue weighted by atomic mass is 10.0. The van der Waals surface area contributed by atoms with Crippen molar-refractivity contribution in [3.63, 3.8) is 0 Å². The Labute approximate surface area is 149 Å². The van der Waals surface area contributed by atoms with Crippen LogP contribution in [0.25, 0.3) is 0 Å². The maximum absolute atomic E-state index is 5.41. The molecule has 1 fully saturated rings. The Morgan fingerprint density at radius 2 is 1.68 bits per heavy atom. The highest BCUT2D eigenvalue weighted by Gasteiger charge is 2.22. The van der Waals surface area contributed by atoms with Crippen molar-refractivity contribution in [2.24, 2.45) is 0 Å². The van der Waals surface area contributed by atoms with Crippen LogP contribution in [0.1, 0.15) is 12.5 Å². The minimum absolute atomic E-state index is 0.469. The number of anilines is 1. The summed E-state index contributed by atoms with van der Waals surface area (Å²) in [4.78, 5) is 13.5. The summed E-state index contributed by atoms with van der Waals surface area (Å²) in [6.45, 7) is 6.24. The number of benzene rings is 1. The molecule has 2 heterocycles. The molecule has 0 N–H and O–H groups in total. The smallest absolute Gasteiger partial charge is 0.225 e. The summed E-state index contributed by atoms with van der Waals surface area (Å²) in [5, 5.41) is 0. The maximum atomic E-state index is 5.41. The highest BCUT2D eigenvalue weighted by molar-refractivity contribution is 5.43. The molecule has 2 aromatic rings. The lowest BCUT2D eigenvalue weighted by Gasteiger charge is -2.38. The number of hydrogen-bond donors (Lipinski definition) is 0. The van der Waals surface area contributed by atoms with Crippen LogP contribution in [-0.2, 0) is 6.42 Å². The predicted molar refractivity (Wildman–Crippen MR) is 98.5 cm³/mol. The van der Waals surface area contributed by atoms with Crippen LogP contribution >= 0.6 is 0 Å². The standard InChI is InChI=1S/C19H26N4O2/c1-15(13-16-5-6-17(24-2)18(14-16)25-3)22-9-11-23(12-10-22)19-20-7-4-8-21-19/h4-8,14-15H,9-13H2,1-3H3/t15-/m0/s1. The van der Waals surface area contributed by atoms with Crippen LogP contribution in [0.4, 0.5) is 5.95 Å². The van der Waals surface area contributed by atoms with Crippen LogP contribution in [0.15, 0.2) is 36.7 Å². The molecule has 1 aromatic carbocycles. The fourth-order valence-corrected chi connectivity index (χ4v) is 3.30. The SMILES string of the molecule is COc1ccc(C[C@H](C)N2CCN(c3ncccn3)CC2)cc1OC. The monoisotopic (exact) mass is 342 g/mol. The van der Waals surface area contributed by atoms with E-state index in [9.17, 15) is 0 Å². The average molecular weight is 342 g/mol. The van der Waals surface area contributed by atoms with Gasteiger partial charge in [0.1, 0.15) is 0 Å². The summed E-state index contributed by atoms with van der Waals surface area (Å²) in [6, 6.07) is 8.49. The summed E-state index contributed by atoms with van der Waals surface area (Å²) in [7, 11) is 3.34. The lowest BCUT2D eigenvalue weighted by Crippen LogP contribution is -2.50. The maximum Gasteiger partial charge on any atom is 0.225 e. The summed E-state index contributed by atoms with van der Waals surface area (Å²) in [6.07, 6.45) is 4.59. The molecule has 0 saturated carbocycles. The van der Waals surface area contributed by atoms with Gasteiger partial charge in [0.05, 0.1) is 14.2 Å². The molecule has 6 heteroatoms. The van der Waals surface area contributed by atoms with Crippen LogP contribution in [-0.4, -0.2) is 61.3 Å². The number of piperazine rings is 1. The van der Waals surface area contributed by atoms with Crippen molar-refractivity contribution in [1.29, 1.82) is 0 Å². The van der Waals surface area contributed by atoms with Crippen LogP contribution in [0.3, 0.4) is 0 Å². The van der Waals surface area contributed by atoms with Crippen molar-refractivity contribution in [2.75, 3.05) is 45.3 Å². The number of ether oxygens (including phenoxy) is 2. The molecule has 0 bridgehead atoms. The molecule has 1 atom stereocenters. The Bertz CT molecular complexity index is 672. The van der Waals surface area contributed by atoms with E-state index in [-0.39, 0.29) is 0 Å². The third-order valence-corrected chi connectivity index (χ3v) is 4.75. The molecule has 6 nitrogen and oxygen atoms in total. The fourth-order valence-electron chi connectivity index (χ4n) is 3.30. The zero-order valence-electron chi connectivity index (χ0n) is 15.2. The number of rotatable bonds is 6. The van der Waals surface area contributed by atoms with Gasteiger partial charge in [0, 0.05) is 44.6 Å². The molecule has 0 amide bonds. The Kier molecular flexibility index (Phi) is 5.71. The van der Waals surface area contributed by atoms with E-state index in [1.807, 2.05) is 12.1 Å². The number of aromatic nitrogens is 2. The Hall–Kier alpha value is -2.34. The minimum Gasteiger partial charge on any atom is -0.493 e. The van der Waals surface area contributed by atoms with Crippen LogP contribution in [0.2, 0.25) is 0 Å². The predicted octanol–water partition coefficient (Wildman–Crippen LogP) is 2.25. The van der Waals surface area contributed by atoms with E-state index < -0.39 is 0 Å². The largest absolute Gasteiger partial charge is 0.493 e. The second kappa shape index (κ2) is 8.16. The van der Waals surface area contributed by atoms with Crippen molar-refractivity contribution in [3.05, 3.63) is 42.2 Å². The van der Waals surface area contributed by atoms with Gasteiger partial charge in [-0.05, 0) is 37.1 Å². The van der Waals surface area contributed by atoms with E-state index in [1.54, 1.807) is 26.6 Å². The topological polar surface area (TPSA) is 50.7 Å². The number of methoxy groups -OCH3 is 2. The van der Waals surface area contributed by atoms with Gasteiger partial charge in [-0.2, -0.15) is 0 Å². The third-order valence-electron chi connectivity index (χ3n) is 4.75. The van der Waals surface area contributed by atoms with Crippen molar-refractivity contribution >= 4 is 5.95 Å². The number of nitrogens with zero attached hydrogens (tertiary/aromatic N) is 4. The van der Waals surface area contributed by atoms with E-state index >= 15 is 0 Å². The van der Waals surface area contributed by atoms with Crippen molar-refractivity contribution < 1.29 is 9.47 Å². The molecular formula is C19H26N4O2. The molecule has 134 valence electrons. The van der Waals surface area contributed by atoms with Gasteiger partial charge < -0.3 is 14.4 Å². The van der Waals surface area contributed by atoms with E-state index in [1.165, 1.54) is 5.56 Å². The highest BCUT2D eigenvalue weighted by Crippen LogP contribution is 2.28. The molecule has 1 saturated heterocycles. The van der Waals surface area contributed by atoms with E-state index in [4.69, 9.17) is 9.47 Å². The quantitative estimate of drug-likeness (QED) is 0.802. The molecule has 1 aromatic heterocycles. The van der Waals surface area contributed by atoms with Gasteiger partial charge in [-0.3, -0.25) is 4.90 Å². The zero-order chi connectivity index (χ0) is 17.6. The highest BCUT2D eigenvalue weighted by atomic mass is 16.5. The normalized spacial score (nSPS) is 16.5. The summed E-state index contributed by atoms with van der Waals surface area (Å²) in [5.74, 6) is 2.39. The Morgan fingerprint density at radius 1 is 1.00 bits per heavy atom. The summed E-state index contributed by atoms with van der Waals surface area (Å²) < 4.78 is 10.7. The van der Waals surface area contributed by atoms with E-state index in [0.29, 0.717) is 6.04 Å². The molecule has 1 aliphatic rings. The summed E-state index contributed by atoms with van der Waals surface area (Å²) >= 11 is 0. The van der Waals surface area contributed by atoms with Gasteiger partial charge in [0.15, 0.2) is 11.5 Å². The third kappa shape index (κ3) is 4.20. The molecular weight excluding hydrogens is 316 g/mol. The first-order valence-corrected chi connectivity index (χ1v) is 8.68. The number of hydrogen-bond acceptors (Lipinski definition) is 6. The molecule has 3 rings (SSSR count). The Morgan fingerprint density at radius 3 is 2.32 bits per heavy atom. The summed E-state index contributed by atoms with van der Waals surface area (Å²) in [5.41, 5.74) is 1.26. The zero-order valence-corrected chi connectivity index (χ0v) is 15.2. The van der Waals surface area contributed by atoms with Gasteiger partial charge in [-0.25, -0.2) is 9.97 Å². The van der Waals surface area contributed by atoms with Gasteiger partial charge in [-0.1, -0.05) is 6.07 Å². The minimum atomic E-state index is 0.469. The molecule has 0 spiro atoms. The Balaban J connectivity index is 1.57.